The van der Waals surface area contributed by atoms with Gasteiger partial charge in [0.1, 0.15) is 11.0 Å². The predicted octanol–water partition coefficient (Wildman–Crippen LogP) is 2.45. The highest BCUT2D eigenvalue weighted by Crippen LogP contribution is 2.19. The first-order chi connectivity index (χ1) is 8.17. The van der Waals surface area contributed by atoms with Crippen molar-refractivity contribution < 1.29 is 5.11 Å². The van der Waals surface area contributed by atoms with E-state index in [9.17, 15) is 0 Å². The van der Waals surface area contributed by atoms with E-state index in [1.807, 2.05) is 13.3 Å². The molecule has 1 aromatic heterocycles. The minimum atomic E-state index is 0.264. The Balaban J connectivity index is 2.55. The van der Waals surface area contributed by atoms with E-state index in [0.717, 1.165) is 31.6 Å². The summed E-state index contributed by atoms with van der Waals surface area (Å²) in [6.07, 6.45) is 4.84. The molecule has 0 spiro atoms. The second kappa shape index (κ2) is 7.74. The Morgan fingerprint density at radius 1 is 1.35 bits per heavy atom. The summed E-state index contributed by atoms with van der Waals surface area (Å²) in [7, 11) is 1.99. The number of unbranched alkanes of at least 4 members (excludes halogenated alkanes) is 2. The predicted molar refractivity (Wildman–Crippen MR) is 73.0 cm³/mol. The maximum Gasteiger partial charge on any atom is 0.190 e. The number of thioether (sulfide) groups is 1. The monoisotopic (exact) mass is 275 g/mol. The Morgan fingerprint density at radius 3 is 2.76 bits per heavy atom. The number of rotatable bonds is 7. The van der Waals surface area contributed by atoms with Crippen LogP contribution in [0.15, 0.2) is 11.2 Å². The maximum atomic E-state index is 8.70. The van der Waals surface area contributed by atoms with Crippen molar-refractivity contribution in [1.29, 1.82) is 0 Å². The number of anilines is 1. The standard InChI is InChI=1S/C11H18ClN3OS/c1-15(6-4-3-5-7-16)10-8-9(12)13-11(14-10)17-2/h8,16H,3-7H2,1-2H3. The lowest BCUT2D eigenvalue weighted by Gasteiger charge is -2.18. The topological polar surface area (TPSA) is 49.2 Å². The number of hydrogen-bond donors (Lipinski definition) is 1. The fourth-order valence-electron chi connectivity index (χ4n) is 1.42. The van der Waals surface area contributed by atoms with E-state index in [1.54, 1.807) is 6.07 Å². The van der Waals surface area contributed by atoms with E-state index in [-0.39, 0.29) is 6.61 Å². The highest BCUT2D eigenvalue weighted by Gasteiger charge is 2.06. The second-order valence-electron chi connectivity index (χ2n) is 3.74. The van der Waals surface area contributed by atoms with Crippen LogP contribution in [0.4, 0.5) is 5.82 Å². The molecule has 0 aromatic carbocycles. The third-order valence-electron chi connectivity index (χ3n) is 2.39. The van der Waals surface area contributed by atoms with E-state index in [2.05, 4.69) is 14.9 Å². The minimum absolute atomic E-state index is 0.264. The van der Waals surface area contributed by atoms with Crippen molar-refractivity contribution in [2.45, 2.75) is 24.4 Å². The molecule has 4 nitrogen and oxygen atoms in total. The largest absolute Gasteiger partial charge is 0.396 e. The van der Waals surface area contributed by atoms with Gasteiger partial charge in [0.2, 0.25) is 0 Å². The van der Waals surface area contributed by atoms with Crippen molar-refractivity contribution in [1.82, 2.24) is 9.97 Å². The third-order valence-corrected chi connectivity index (χ3v) is 3.13. The second-order valence-corrected chi connectivity index (χ2v) is 4.90. The van der Waals surface area contributed by atoms with Crippen LogP contribution in [0.25, 0.3) is 0 Å². The molecule has 0 fully saturated rings. The SMILES string of the molecule is CSc1nc(Cl)cc(N(C)CCCCCO)n1. The van der Waals surface area contributed by atoms with Gasteiger partial charge in [0.05, 0.1) is 0 Å². The number of aromatic nitrogens is 2. The van der Waals surface area contributed by atoms with Gasteiger partial charge in [-0.2, -0.15) is 0 Å². The van der Waals surface area contributed by atoms with Crippen LogP contribution in [0.2, 0.25) is 5.15 Å². The van der Waals surface area contributed by atoms with Crippen molar-refractivity contribution in [3.8, 4) is 0 Å². The molecule has 0 atom stereocenters. The smallest absolute Gasteiger partial charge is 0.190 e. The first-order valence-corrected chi connectivity index (χ1v) is 7.18. The molecule has 0 saturated heterocycles. The molecular weight excluding hydrogens is 258 g/mol. The molecule has 17 heavy (non-hydrogen) atoms. The molecule has 0 radical (unpaired) electrons. The average Bonchev–Trinajstić information content (AvgIpc) is 2.33. The molecular formula is C11H18ClN3OS. The first kappa shape index (κ1) is 14.5. The molecule has 96 valence electrons. The molecule has 0 unspecified atom stereocenters. The highest BCUT2D eigenvalue weighted by molar-refractivity contribution is 7.98. The zero-order valence-corrected chi connectivity index (χ0v) is 11.8. The highest BCUT2D eigenvalue weighted by atomic mass is 35.5. The van der Waals surface area contributed by atoms with Crippen molar-refractivity contribution in [2.24, 2.45) is 0 Å². The molecule has 1 aromatic rings. The van der Waals surface area contributed by atoms with Crippen molar-refractivity contribution >= 4 is 29.2 Å². The first-order valence-electron chi connectivity index (χ1n) is 5.58. The van der Waals surface area contributed by atoms with Crippen molar-refractivity contribution in [3.63, 3.8) is 0 Å². The van der Waals surface area contributed by atoms with Gasteiger partial charge in [-0.3, -0.25) is 0 Å². The summed E-state index contributed by atoms with van der Waals surface area (Å²) in [5.41, 5.74) is 0. The van der Waals surface area contributed by atoms with Crippen LogP contribution in [-0.4, -0.2) is 41.5 Å². The third kappa shape index (κ3) is 5.10. The van der Waals surface area contributed by atoms with E-state index in [1.165, 1.54) is 11.8 Å². The molecule has 0 aliphatic rings. The number of aliphatic hydroxyl groups is 1. The van der Waals surface area contributed by atoms with Crippen LogP contribution in [0, 0.1) is 0 Å². The normalized spacial score (nSPS) is 10.6. The van der Waals surface area contributed by atoms with Gasteiger partial charge in [0.25, 0.3) is 0 Å². The summed E-state index contributed by atoms with van der Waals surface area (Å²) >= 11 is 7.41. The molecule has 0 aliphatic carbocycles. The molecule has 0 saturated carbocycles. The Morgan fingerprint density at radius 2 is 2.12 bits per heavy atom. The molecule has 1 N–H and O–H groups in total. The van der Waals surface area contributed by atoms with Crippen molar-refractivity contribution in [2.75, 3.05) is 31.4 Å². The van der Waals surface area contributed by atoms with Gasteiger partial charge >= 0.3 is 0 Å². The molecule has 1 rings (SSSR count). The Bertz CT molecular complexity index is 351. The zero-order valence-electron chi connectivity index (χ0n) is 10.2. The summed E-state index contributed by atoms with van der Waals surface area (Å²) < 4.78 is 0. The number of nitrogens with zero attached hydrogens (tertiary/aromatic N) is 3. The van der Waals surface area contributed by atoms with Gasteiger partial charge < -0.3 is 10.0 Å². The van der Waals surface area contributed by atoms with Crippen molar-refractivity contribution in [3.05, 3.63) is 11.2 Å². The molecule has 0 aliphatic heterocycles. The van der Waals surface area contributed by atoms with E-state index >= 15 is 0 Å². The lowest BCUT2D eigenvalue weighted by atomic mass is 10.2. The van der Waals surface area contributed by atoms with Crippen LogP contribution < -0.4 is 4.90 Å². The molecule has 0 bridgehead atoms. The minimum Gasteiger partial charge on any atom is -0.396 e. The van der Waals surface area contributed by atoms with Crippen LogP contribution in [-0.2, 0) is 0 Å². The van der Waals surface area contributed by atoms with Crippen LogP contribution in [0.1, 0.15) is 19.3 Å². The lowest BCUT2D eigenvalue weighted by molar-refractivity contribution is 0.283. The summed E-state index contributed by atoms with van der Waals surface area (Å²) in [5, 5.41) is 9.86. The van der Waals surface area contributed by atoms with Crippen LogP contribution >= 0.6 is 23.4 Å². The Labute approximate surface area is 111 Å². The molecule has 1 heterocycles. The Kier molecular flexibility index (Phi) is 6.62. The van der Waals surface area contributed by atoms with Crippen LogP contribution in [0.3, 0.4) is 0 Å². The summed E-state index contributed by atoms with van der Waals surface area (Å²) in [6, 6.07) is 1.77. The van der Waals surface area contributed by atoms with Gasteiger partial charge in [-0.1, -0.05) is 23.4 Å². The number of halogens is 1. The fourth-order valence-corrected chi connectivity index (χ4v) is 2.03. The summed E-state index contributed by atoms with van der Waals surface area (Å²) in [5.74, 6) is 0.846. The summed E-state index contributed by atoms with van der Waals surface area (Å²) in [4.78, 5) is 10.6. The molecule has 6 heteroatoms. The van der Waals surface area contributed by atoms with E-state index in [4.69, 9.17) is 16.7 Å². The van der Waals surface area contributed by atoms with Gasteiger partial charge in [-0.15, -0.1) is 0 Å². The number of hydrogen-bond acceptors (Lipinski definition) is 5. The van der Waals surface area contributed by atoms with E-state index in [0.29, 0.717) is 10.3 Å². The maximum absolute atomic E-state index is 8.70. The quantitative estimate of drug-likeness (QED) is 0.358. The fraction of sp³-hybridized carbons (Fsp3) is 0.636. The zero-order chi connectivity index (χ0) is 12.7. The Hall–Kier alpha value is -0.520. The average molecular weight is 276 g/mol. The molecule has 0 amide bonds. The van der Waals surface area contributed by atoms with Gasteiger partial charge in [0, 0.05) is 26.3 Å². The van der Waals surface area contributed by atoms with Gasteiger partial charge in [-0.25, -0.2) is 9.97 Å². The van der Waals surface area contributed by atoms with Crippen LogP contribution in [0.5, 0.6) is 0 Å². The van der Waals surface area contributed by atoms with Gasteiger partial charge in [0.15, 0.2) is 5.16 Å². The lowest BCUT2D eigenvalue weighted by Crippen LogP contribution is -2.20. The summed E-state index contributed by atoms with van der Waals surface area (Å²) in [6.45, 7) is 1.17. The van der Waals surface area contributed by atoms with Gasteiger partial charge in [-0.05, 0) is 25.5 Å². The van der Waals surface area contributed by atoms with E-state index < -0.39 is 0 Å². The number of aliphatic hydroxyl groups excluding tert-OH is 1.